The van der Waals surface area contributed by atoms with Crippen LogP contribution in [-0.2, 0) is 62.0 Å². The van der Waals surface area contributed by atoms with Gasteiger partial charge in [-0.3, -0.25) is 33.6 Å². The zero-order chi connectivity index (χ0) is 38.0. The van der Waals surface area contributed by atoms with Gasteiger partial charge < -0.3 is 44.5 Å². The minimum atomic E-state index is -5.40. The van der Waals surface area contributed by atoms with Crippen LogP contribution in [-0.4, -0.2) is 122 Å². The summed E-state index contributed by atoms with van der Waals surface area (Å²) in [7, 11) is 1.06. The van der Waals surface area contributed by atoms with Gasteiger partial charge in [0.05, 0.1) is 13.7 Å². The number of nitrogens with zero attached hydrogens (tertiary/aromatic N) is 1. The molecule has 0 aliphatic carbocycles. The van der Waals surface area contributed by atoms with E-state index < -0.39 is 121 Å². The summed E-state index contributed by atoms with van der Waals surface area (Å²) >= 11 is 0. The molecule has 17 nitrogen and oxygen atoms in total. The van der Waals surface area contributed by atoms with E-state index in [1.807, 2.05) is 0 Å². The normalized spacial score (nSPS) is 21.8. The molecule has 49 heavy (non-hydrogen) atoms. The summed E-state index contributed by atoms with van der Waals surface area (Å²) in [4.78, 5) is 101. The summed E-state index contributed by atoms with van der Waals surface area (Å²) in [6, 6.07) is -4.73. The molecular formula is C29H43F3N4O13. The Hall–Kier alpha value is -4.49. The molecule has 0 aromatic rings. The van der Waals surface area contributed by atoms with E-state index in [-0.39, 0.29) is 0 Å². The first-order valence-corrected chi connectivity index (χ1v) is 15.0. The number of alkyl halides is 3. The van der Waals surface area contributed by atoms with E-state index in [1.54, 1.807) is 13.8 Å². The quantitative estimate of drug-likeness (QED) is 0.153. The summed E-state index contributed by atoms with van der Waals surface area (Å²) in [6.45, 7) is 7.89. The van der Waals surface area contributed by atoms with E-state index in [9.17, 15) is 51.5 Å². The average molecular weight is 713 g/mol. The Labute approximate surface area is 280 Å². The van der Waals surface area contributed by atoms with Gasteiger partial charge in [0, 0.05) is 27.7 Å². The molecule has 20 heteroatoms. The Morgan fingerprint density at radius 3 is 1.82 bits per heavy atom. The molecule has 0 saturated carbocycles. The summed E-state index contributed by atoms with van der Waals surface area (Å²) in [6.07, 6.45) is -12.3. The fourth-order valence-corrected chi connectivity index (χ4v) is 4.96. The maximum absolute atomic E-state index is 14.0. The highest BCUT2D eigenvalue weighted by Gasteiger charge is 2.55. The molecule has 1 aliphatic rings. The Bertz CT molecular complexity index is 1260. The van der Waals surface area contributed by atoms with Crippen LogP contribution in [0.25, 0.3) is 0 Å². The zero-order valence-corrected chi connectivity index (χ0v) is 28.5. The minimum absolute atomic E-state index is 0.566. The Kier molecular flexibility index (Phi) is 15.9. The van der Waals surface area contributed by atoms with Crippen molar-refractivity contribution in [2.24, 2.45) is 11.8 Å². The van der Waals surface area contributed by atoms with Crippen molar-refractivity contribution in [3.05, 3.63) is 0 Å². The van der Waals surface area contributed by atoms with E-state index in [0.717, 1.165) is 34.8 Å². The van der Waals surface area contributed by atoms with Crippen LogP contribution in [0.3, 0.4) is 0 Å². The van der Waals surface area contributed by atoms with Crippen molar-refractivity contribution in [3.8, 4) is 0 Å². The predicted molar refractivity (Wildman–Crippen MR) is 157 cm³/mol. The molecule has 7 atom stereocenters. The smallest absolute Gasteiger partial charge is 0.467 e. The summed E-state index contributed by atoms with van der Waals surface area (Å²) in [5.41, 5.74) is 0. The predicted octanol–water partition coefficient (Wildman–Crippen LogP) is -0.512. The van der Waals surface area contributed by atoms with Crippen LogP contribution in [0, 0.1) is 11.8 Å². The molecule has 0 spiro atoms. The van der Waals surface area contributed by atoms with Gasteiger partial charge >= 0.3 is 36.0 Å². The molecule has 3 N–H and O–H groups in total. The third kappa shape index (κ3) is 12.5. The first kappa shape index (κ1) is 42.5. The second kappa shape index (κ2) is 18.3. The van der Waals surface area contributed by atoms with Crippen LogP contribution in [0.2, 0.25) is 0 Å². The van der Waals surface area contributed by atoms with Gasteiger partial charge in [-0.15, -0.1) is 0 Å². The van der Waals surface area contributed by atoms with Gasteiger partial charge in [-0.1, -0.05) is 27.7 Å². The highest BCUT2D eigenvalue weighted by molar-refractivity contribution is 5.93. The SMILES string of the molecule is COC(=O)[C@@H](NC(=O)[C@@H](C(C)C)N(C(=O)CNC(=O)C(F)(F)F)[C@@H]1O[C@H](COC(C)=O)[C@@H](OC(C)=O)[C@H](OC(C)=O)[C@H]1NC(C)=O)C(C)C. The third-order valence-corrected chi connectivity index (χ3v) is 6.93. The largest absolute Gasteiger partial charge is 0.471 e. The molecule has 1 heterocycles. The number of methoxy groups -OCH3 is 1. The molecule has 0 aromatic carbocycles. The van der Waals surface area contributed by atoms with Gasteiger partial charge in [-0.05, 0) is 11.8 Å². The molecule has 0 unspecified atom stereocenters. The topological polar surface area (TPSA) is 222 Å². The van der Waals surface area contributed by atoms with Crippen molar-refractivity contribution < 1.29 is 75.2 Å². The van der Waals surface area contributed by atoms with Crippen molar-refractivity contribution in [1.82, 2.24) is 20.9 Å². The molecule has 0 radical (unpaired) electrons. The fraction of sp³-hybridized carbons (Fsp3) is 0.724. The van der Waals surface area contributed by atoms with Crippen molar-refractivity contribution in [3.63, 3.8) is 0 Å². The van der Waals surface area contributed by atoms with Crippen LogP contribution < -0.4 is 16.0 Å². The number of halogens is 3. The summed E-state index contributed by atoms with van der Waals surface area (Å²) < 4.78 is 65.9. The molecular weight excluding hydrogens is 669 g/mol. The average Bonchev–Trinajstić information content (AvgIpc) is 2.96. The number of carbonyl (C=O) groups is 8. The molecule has 0 aromatic heterocycles. The van der Waals surface area contributed by atoms with Crippen LogP contribution in [0.1, 0.15) is 55.4 Å². The van der Waals surface area contributed by atoms with Crippen molar-refractivity contribution in [1.29, 1.82) is 0 Å². The maximum atomic E-state index is 14.0. The van der Waals surface area contributed by atoms with Crippen molar-refractivity contribution >= 4 is 47.5 Å². The van der Waals surface area contributed by atoms with Crippen LogP contribution in [0.4, 0.5) is 13.2 Å². The van der Waals surface area contributed by atoms with Gasteiger partial charge in [0.2, 0.25) is 17.7 Å². The van der Waals surface area contributed by atoms with E-state index >= 15 is 0 Å². The van der Waals surface area contributed by atoms with Gasteiger partial charge in [-0.25, -0.2) is 4.79 Å². The summed E-state index contributed by atoms with van der Waals surface area (Å²) in [5.74, 6) is -10.9. The number of rotatable bonds is 14. The number of esters is 4. The van der Waals surface area contributed by atoms with Gasteiger partial charge in [0.15, 0.2) is 18.4 Å². The first-order valence-electron chi connectivity index (χ1n) is 15.0. The standard InChI is InChI=1S/C29H43F3N4O13/c1-12(2)20(27(43)45-9)35-25(42)22(13(3)4)36(19(41)10-33-28(44)29(30,31)32)26-21(34-14(5)37)24(48-17(8)40)23(47-16(7)39)18(49-26)11-46-15(6)38/h12-13,18,20-24,26H,10-11H2,1-9H3,(H,33,44)(H,34,37)(H,35,42)/t18-,20+,21-,22-,23-,24-,26-/m1/s1. The number of ether oxygens (including phenoxy) is 5. The molecule has 4 amide bonds. The van der Waals surface area contributed by atoms with Crippen molar-refractivity contribution in [2.45, 2.75) is 104 Å². The maximum Gasteiger partial charge on any atom is 0.471 e. The summed E-state index contributed by atoms with van der Waals surface area (Å²) in [5, 5.41) is 6.29. The number of hydrogen-bond acceptors (Lipinski definition) is 13. The van der Waals surface area contributed by atoms with E-state index in [1.165, 1.54) is 19.2 Å². The number of amides is 4. The third-order valence-electron chi connectivity index (χ3n) is 6.93. The minimum Gasteiger partial charge on any atom is -0.467 e. The molecule has 1 rings (SSSR count). The van der Waals surface area contributed by atoms with Gasteiger partial charge in [0.1, 0.15) is 30.8 Å². The van der Waals surface area contributed by atoms with Crippen LogP contribution in [0.15, 0.2) is 0 Å². The van der Waals surface area contributed by atoms with E-state index in [0.29, 0.717) is 4.90 Å². The molecule has 1 fully saturated rings. The van der Waals surface area contributed by atoms with Crippen molar-refractivity contribution in [2.75, 3.05) is 20.3 Å². The Morgan fingerprint density at radius 2 is 1.39 bits per heavy atom. The molecule has 278 valence electrons. The number of carbonyl (C=O) groups excluding carboxylic acids is 8. The van der Waals surface area contributed by atoms with Crippen LogP contribution in [0.5, 0.6) is 0 Å². The number of hydrogen-bond donors (Lipinski definition) is 3. The lowest BCUT2D eigenvalue weighted by Gasteiger charge is -2.50. The van der Waals surface area contributed by atoms with Crippen LogP contribution >= 0.6 is 0 Å². The lowest BCUT2D eigenvalue weighted by atomic mass is 9.91. The second-order valence-electron chi connectivity index (χ2n) is 11.7. The second-order valence-corrected chi connectivity index (χ2v) is 11.7. The lowest BCUT2D eigenvalue weighted by Crippen LogP contribution is -2.73. The number of nitrogens with one attached hydrogen (secondary N) is 3. The molecule has 1 aliphatic heterocycles. The lowest BCUT2D eigenvalue weighted by molar-refractivity contribution is -0.250. The van der Waals surface area contributed by atoms with E-state index in [2.05, 4.69) is 10.6 Å². The fourth-order valence-electron chi connectivity index (χ4n) is 4.96. The molecule has 0 bridgehead atoms. The van der Waals surface area contributed by atoms with Gasteiger partial charge in [-0.2, -0.15) is 13.2 Å². The Morgan fingerprint density at radius 1 is 0.837 bits per heavy atom. The highest BCUT2D eigenvalue weighted by atomic mass is 19.4. The highest BCUT2D eigenvalue weighted by Crippen LogP contribution is 2.32. The zero-order valence-electron chi connectivity index (χ0n) is 28.5. The monoisotopic (exact) mass is 712 g/mol. The first-order chi connectivity index (χ1) is 22.5. The van der Waals surface area contributed by atoms with E-state index in [4.69, 9.17) is 23.7 Å². The Balaban J connectivity index is 4.06. The van der Waals surface area contributed by atoms with Gasteiger partial charge in [0.25, 0.3) is 0 Å². The molecule has 1 saturated heterocycles.